The van der Waals surface area contributed by atoms with Crippen molar-refractivity contribution < 1.29 is 4.74 Å². The van der Waals surface area contributed by atoms with Crippen LogP contribution in [0.4, 0.5) is 0 Å². The van der Waals surface area contributed by atoms with Crippen molar-refractivity contribution in [3.63, 3.8) is 0 Å². The Balaban J connectivity index is 1.93. The molecule has 0 spiro atoms. The summed E-state index contributed by atoms with van der Waals surface area (Å²) < 4.78 is 5.74. The molecule has 2 atom stereocenters. The van der Waals surface area contributed by atoms with Gasteiger partial charge in [-0.05, 0) is 47.5 Å². The molecule has 3 rings (SSSR count). The quantitative estimate of drug-likeness (QED) is 0.726. The van der Waals surface area contributed by atoms with E-state index < -0.39 is 0 Å². The highest BCUT2D eigenvalue weighted by Crippen LogP contribution is 2.38. The summed E-state index contributed by atoms with van der Waals surface area (Å²) in [7, 11) is 0. The number of fused-ring (bicyclic) bond motifs is 1. The Morgan fingerprint density at radius 1 is 1.42 bits per heavy atom. The second kappa shape index (κ2) is 5.18. The first kappa shape index (κ1) is 13.0. The van der Waals surface area contributed by atoms with Crippen LogP contribution >= 0.6 is 22.9 Å². The van der Waals surface area contributed by atoms with Crippen LogP contribution in [-0.4, -0.2) is 6.10 Å². The number of aryl methyl sites for hydroxylation is 1. The maximum Gasteiger partial charge on any atom is 0.123 e. The number of alkyl halides is 1. The van der Waals surface area contributed by atoms with Crippen LogP contribution in [0.15, 0.2) is 29.6 Å². The van der Waals surface area contributed by atoms with Gasteiger partial charge in [-0.25, -0.2) is 0 Å². The van der Waals surface area contributed by atoms with Gasteiger partial charge < -0.3 is 4.74 Å². The zero-order chi connectivity index (χ0) is 13.4. The molecular formula is C16H17ClOS. The van der Waals surface area contributed by atoms with Crippen molar-refractivity contribution in [2.75, 3.05) is 0 Å². The van der Waals surface area contributed by atoms with E-state index in [0.29, 0.717) is 0 Å². The lowest BCUT2D eigenvalue weighted by Crippen LogP contribution is -2.05. The van der Waals surface area contributed by atoms with Crippen LogP contribution in [0.5, 0.6) is 5.75 Å². The highest BCUT2D eigenvalue weighted by atomic mass is 35.5. The molecule has 0 radical (unpaired) electrons. The van der Waals surface area contributed by atoms with Gasteiger partial charge in [0.25, 0.3) is 0 Å². The molecule has 1 aromatic carbocycles. The number of hydrogen-bond donors (Lipinski definition) is 0. The van der Waals surface area contributed by atoms with Gasteiger partial charge in [0.1, 0.15) is 11.9 Å². The van der Waals surface area contributed by atoms with E-state index in [1.807, 2.05) is 0 Å². The fourth-order valence-electron chi connectivity index (χ4n) is 2.61. The molecule has 0 N–H and O–H groups in total. The lowest BCUT2D eigenvalue weighted by Gasteiger charge is -2.11. The highest BCUT2D eigenvalue weighted by Gasteiger charge is 2.22. The van der Waals surface area contributed by atoms with Gasteiger partial charge in [0.15, 0.2) is 0 Å². The van der Waals surface area contributed by atoms with Crippen molar-refractivity contribution in [1.82, 2.24) is 0 Å². The van der Waals surface area contributed by atoms with Gasteiger partial charge in [-0.1, -0.05) is 19.1 Å². The molecule has 0 saturated heterocycles. The summed E-state index contributed by atoms with van der Waals surface area (Å²) in [5.74, 6) is 1.02. The standard InChI is InChI=1S/C16H17ClOS/c1-3-11-6-7-19-16(11)15(17)12-4-5-14-13(9-12)8-10(2)18-14/h4-7,9-10,15H,3,8H2,1-2H3. The molecule has 0 fully saturated rings. The maximum absolute atomic E-state index is 6.66. The molecule has 1 nitrogen and oxygen atoms in total. The molecule has 1 aliphatic rings. The topological polar surface area (TPSA) is 9.23 Å². The average Bonchev–Trinajstić information content (AvgIpc) is 3.01. The first-order valence-electron chi connectivity index (χ1n) is 6.69. The monoisotopic (exact) mass is 292 g/mol. The zero-order valence-electron chi connectivity index (χ0n) is 11.2. The molecule has 3 heteroatoms. The fraction of sp³-hybridized carbons (Fsp3) is 0.375. The molecule has 0 bridgehead atoms. The number of halogens is 1. The molecule has 1 aromatic heterocycles. The molecule has 2 unspecified atom stereocenters. The second-order valence-corrected chi connectivity index (χ2v) is 6.41. The highest BCUT2D eigenvalue weighted by molar-refractivity contribution is 7.10. The molecule has 100 valence electrons. The lowest BCUT2D eigenvalue weighted by molar-refractivity contribution is 0.254. The van der Waals surface area contributed by atoms with Gasteiger partial charge in [-0.3, -0.25) is 0 Å². The van der Waals surface area contributed by atoms with E-state index in [-0.39, 0.29) is 11.5 Å². The van der Waals surface area contributed by atoms with Crippen molar-refractivity contribution in [3.8, 4) is 5.75 Å². The minimum atomic E-state index is -0.0452. The Bertz CT molecular complexity index is 590. The van der Waals surface area contributed by atoms with Crippen LogP contribution in [0.25, 0.3) is 0 Å². The van der Waals surface area contributed by atoms with E-state index in [0.717, 1.165) is 18.6 Å². The zero-order valence-corrected chi connectivity index (χ0v) is 12.7. The SMILES string of the molecule is CCc1ccsc1C(Cl)c1ccc2c(c1)CC(C)O2. The third-order valence-corrected chi connectivity index (χ3v) is 5.23. The van der Waals surface area contributed by atoms with Crippen LogP contribution in [0.2, 0.25) is 0 Å². The van der Waals surface area contributed by atoms with Crippen molar-refractivity contribution in [3.05, 3.63) is 51.2 Å². The van der Waals surface area contributed by atoms with Crippen LogP contribution in [-0.2, 0) is 12.8 Å². The van der Waals surface area contributed by atoms with E-state index in [2.05, 4.69) is 43.5 Å². The number of ether oxygens (including phenoxy) is 1. The molecule has 2 heterocycles. The number of benzene rings is 1. The van der Waals surface area contributed by atoms with E-state index in [9.17, 15) is 0 Å². The minimum absolute atomic E-state index is 0.0452. The average molecular weight is 293 g/mol. The third kappa shape index (κ3) is 2.39. The van der Waals surface area contributed by atoms with Crippen LogP contribution in [0, 0.1) is 0 Å². The van der Waals surface area contributed by atoms with E-state index in [1.54, 1.807) is 11.3 Å². The summed E-state index contributed by atoms with van der Waals surface area (Å²) in [4.78, 5) is 1.27. The van der Waals surface area contributed by atoms with Gasteiger partial charge in [0.05, 0.1) is 5.38 Å². The Kier molecular flexibility index (Phi) is 3.55. The van der Waals surface area contributed by atoms with Gasteiger partial charge in [0, 0.05) is 11.3 Å². The Morgan fingerprint density at radius 3 is 3.05 bits per heavy atom. The molecule has 0 amide bonds. The summed E-state index contributed by atoms with van der Waals surface area (Å²) in [5, 5.41) is 2.08. The van der Waals surface area contributed by atoms with Gasteiger partial charge in [-0.2, -0.15) is 0 Å². The predicted octanol–water partition coefficient (Wildman–Crippen LogP) is 4.96. The minimum Gasteiger partial charge on any atom is -0.490 e. The normalized spacial score (nSPS) is 19.0. The molecule has 1 aliphatic heterocycles. The molecule has 0 aliphatic carbocycles. The van der Waals surface area contributed by atoms with Gasteiger partial charge in [-0.15, -0.1) is 22.9 Å². The molecule has 2 aromatic rings. The first-order chi connectivity index (χ1) is 9.19. The Labute approximate surface area is 123 Å². The summed E-state index contributed by atoms with van der Waals surface area (Å²) in [5.41, 5.74) is 3.82. The number of thiophene rings is 1. The maximum atomic E-state index is 6.66. The van der Waals surface area contributed by atoms with Crippen LogP contribution in [0.3, 0.4) is 0 Å². The van der Waals surface area contributed by atoms with Crippen molar-refractivity contribution in [2.24, 2.45) is 0 Å². The first-order valence-corrected chi connectivity index (χ1v) is 8.00. The fourth-order valence-corrected chi connectivity index (χ4v) is 4.04. The summed E-state index contributed by atoms with van der Waals surface area (Å²) in [6.45, 7) is 4.28. The number of rotatable bonds is 3. The van der Waals surface area contributed by atoms with Crippen molar-refractivity contribution in [1.29, 1.82) is 0 Å². The summed E-state index contributed by atoms with van der Waals surface area (Å²) in [6, 6.07) is 8.53. The summed E-state index contributed by atoms with van der Waals surface area (Å²) >= 11 is 8.41. The Hall–Kier alpha value is -0.990. The van der Waals surface area contributed by atoms with Crippen molar-refractivity contribution in [2.45, 2.75) is 38.2 Å². The number of hydrogen-bond acceptors (Lipinski definition) is 2. The predicted molar refractivity (Wildman–Crippen MR) is 81.6 cm³/mol. The molecule has 0 saturated carbocycles. The summed E-state index contributed by atoms with van der Waals surface area (Å²) in [6.07, 6.45) is 2.30. The largest absolute Gasteiger partial charge is 0.490 e. The second-order valence-electron chi connectivity index (χ2n) is 5.03. The van der Waals surface area contributed by atoms with Gasteiger partial charge >= 0.3 is 0 Å². The molecule has 19 heavy (non-hydrogen) atoms. The third-order valence-electron chi connectivity index (χ3n) is 3.60. The molecular weight excluding hydrogens is 276 g/mol. The lowest BCUT2D eigenvalue weighted by atomic mass is 10.0. The van der Waals surface area contributed by atoms with E-state index in [1.165, 1.54) is 21.6 Å². The van der Waals surface area contributed by atoms with E-state index in [4.69, 9.17) is 16.3 Å². The smallest absolute Gasteiger partial charge is 0.123 e. The van der Waals surface area contributed by atoms with Gasteiger partial charge in [0.2, 0.25) is 0 Å². The Morgan fingerprint density at radius 2 is 2.26 bits per heavy atom. The van der Waals surface area contributed by atoms with E-state index >= 15 is 0 Å². The van der Waals surface area contributed by atoms with Crippen molar-refractivity contribution >= 4 is 22.9 Å². The van der Waals surface area contributed by atoms with Crippen LogP contribution in [0.1, 0.15) is 40.8 Å². The van der Waals surface area contributed by atoms with Crippen LogP contribution < -0.4 is 4.74 Å².